The number of rotatable bonds is 6. The first kappa shape index (κ1) is 13.4. The molecule has 0 spiro atoms. The molecule has 0 unspecified atom stereocenters. The van der Waals surface area contributed by atoms with Crippen molar-refractivity contribution in [3.05, 3.63) is 29.8 Å². The Kier molecular flexibility index (Phi) is 4.39. The van der Waals surface area contributed by atoms with E-state index >= 15 is 0 Å². The van der Waals surface area contributed by atoms with Crippen molar-refractivity contribution in [1.82, 2.24) is 5.32 Å². The van der Waals surface area contributed by atoms with Gasteiger partial charge in [0, 0.05) is 12.5 Å². The minimum absolute atomic E-state index is 0.100. The largest absolute Gasteiger partial charge is 0.482 e. The van der Waals surface area contributed by atoms with E-state index in [-0.39, 0.29) is 18.4 Å². The van der Waals surface area contributed by atoms with Gasteiger partial charge in [0.2, 0.25) is 5.91 Å². The maximum Gasteiger partial charge on any atom is 0.341 e. The number of amides is 1. The highest BCUT2D eigenvalue weighted by Crippen LogP contribution is 2.26. The lowest BCUT2D eigenvalue weighted by Gasteiger charge is -2.24. The Balaban J connectivity index is 1.84. The summed E-state index contributed by atoms with van der Waals surface area (Å²) in [4.78, 5) is 22.1. The molecule has 0 atom stereocenters. The Labute approximate surface area is 111 Å². The lowest BCUT2D eigenvalue weighted by Crippen LogP contribution is -2.33. The quantitative estimate of drug-likeness (QED) is 0.816. The molecule has 1 aromatic rings. The molecular formula is C14H17NO4. The van der Waals surface area contributed by atoms with Crippen molar-refractivity contribution in [2.45, 2.75) is 25.8 Å². The molecule has 19 heavy (non-hydrogen) atoms. The molecule has 102 valence electrons. The van der Waals surface area contributed by atoms with Crippen LogP contribution < -0.4 is 10.1 Å². The summed E-state index contributed by atoms with van der Waals surface area (Å²) in [5.41, 5.74) is 0.899. The average Bonchev–Trinajstić information content (AvgIpc) is 2.32. The monoisotopic (exact) mass is 263 g/mol. The summed E-state index contributed by atoms with van der Waals surface area (Å²) < 4.78 is 5.08. The number of ether oxygens (including phenoxy) is 1. The third kappa shape index (κ3) is 3.98. The number of carboxylic acid groups (broad SMARTS) is 1. The highest BCUT2D eigenvalue weighted by molar-refractivity contribution is 5.79. The lowest BCUT2D eigenvalue weighted by atomic mass is 9.85. The molecule has 0 heterocycles. The first-order valence-electron chi connectivity index (χ1n) is 6.36. The molecule has 5 heteroatoms. The van der Waals surface area contributed by atoms with Gasteiger partial charge in [0.05, 0.1) is 0 Å². The van der Waals surface area contributed by atoms with Crippen molar-refractivity contribution in [3.63, 3.8) is 0 Å². The lowest BCUT2D eigenvalue weighted by molar-refractivity contribution is -0.139. The summed E-state index contributed by atoms with van der Waals surface area (Å²) in [6.45, 7) is 0.0808. The highest BCUT2D eigenvalue weighted by Gasteiger charge is 2.24. The summed E-state index contributed by atoms with van der Waals surface area (Å²) in [6.07, 6.45) is 3.10. The number of carbonyl (C=O) groups is 2. The van der Waals surface area contributed by atoms with E-state index in [1.807, 2.05) is 6.07 Å². The minimum atomic E-state index is -1.01. The standard InChI is InChI=1S/C14H17NO4/c16-13(17)9-19-12-6-1-3-10(7-12)8-15-14(18)11-4-2-5-11/h1,3,6-7,11H,2,4-5,8-9H2,(H,15,18)(H,16,17). The minimum Gasteiger partial charge on any atom is -0.482 e. The Morgan fingerprint density at radius 2 is 2.16 bits per heavy atom. The summed E-state index contributed by atoms with van der Waals surface area (Å²) in [5, 5.41) is 11.4. The van der Waals surface area contributed by atoms with Gasteiger partial charge >= 0.3 is 5.97 Å². The fourth-order valence-corrected chi connectivity index (χ4v) is 1.89. The van der Waals surface area contributed by atoms with E-state index in [4.69, 9.17) is 9.84 Å². The Hall–Kier alpha value is -2.04. The van der Waals surface area contributed by atoms with Gasteiger partial charge in [0.25, 0.3) is 0 Å². The number of benzene rings is 1. The second-order valence-electron chi connectivity index (χ2n) is 4.68. The number of nitrogens with one attached hydrogen (secondary N) is 1. The molecule has 1 aliphatic carbocycles. The molecule has 5 nitrogen and oxygen atoms in total. The number of carboxylic acids is 1. The predicted molar refractivity (Wildman–Crippen MR) is 68.8 cm³/mol. The van der Waals surface area contributed by atoms with Crippen molar-refractivity contribution >= 4 is 11.9 Å². The van der Waals surface area contributed by atoms with Crippen LogP contribution in [0.15, 0.2) is 24.3 Å². The van der Waals surface area contributed by atoms with Crippen molar-refractivity contribution < 1.29 is 19.4 Å². The summed E-state index contributed by atoms with van der Waals surface area (Å²) >= 11 is 0. The van der Waals surface area contributed by atoms with Gasteiger partial charge in [-0.3, -0.25) is 4.79 Å². The SMILES string of the molecule is O=C(O)COc1cccc(CNC(=O)C2CCC2)c1. The van der Waals surface area contributed by atoms with Gasteiger partial charge in [-0.25, -0.2) is 4.79 Å². The molecule has 1 aromatic carbocycles. The Bertz CT molecular complexity index is 468. The Morgan fingerprint density at radius 1 is 1.37 bits per heavy atom. The number of aliphatic carboxylic acids is 1. The van der Waals surface area contributed by atoms with Crippen molar-refractivity contribution in [3.8, 4) is 5.75 Å². The van der Waals surface area contributed by atoms with Crippen LogP contribution in [-0.2, 0) is 16.1 Å². The molecule has 1 aliphatic rings. The van der Waals surface area contributed by atoms with Crippen LogP contribution in [0.25, 0.3) is 0 Å². The zero-order valence-corrected chi connectivity index (χ0v) is 10.6. The van der Waals surface area contributed by atoms with E-state index in [1.165, 1.54) is 0 Å². The van der Waals surface area contributed by atoms with Crippen molar-refractivity contribution in [2.75, 3.05) is 6.61 Å². The number of hydrogen-bond acceptors (Lipinski definition) is 3. The first-order valence-corrected chi connectivity index (χ1v) is 6.36. The maximum atomic E-state index is 11.7. The molecule has 0 saturated heterocycles. The van der Waals surface area contributed by atoms with Gasteiger partial charge in [0.1, 0.15) is 5.75 Å². The van der Waals surface area contributed by atoms with E-state index < -0.39 is 5.97 Å². The topological polar surface area (TPSA) is 75.6 Å². The zero-order valence-electron chi connectivity index (χ0n) is 10.6. The molecule has 1 saturated carbocycles. The molecule has 2 rings (SSSR count). The van der Waals surface area contributed by atoms with Crippen LogP contribution in [0.3, 0.4) is 0 Å². The van der Waals surface area contributed by atoms with E-state index in [9.17, 15) is 9.59 Å². The van der Waals surface area contributed by atoms with Crippen molar-refractivity contribution in [1.29, 1.82) is 0 Å². The van der Waals surface area contributed by atoms with Crippen LogP contribution in [0.5, 0.6) is 5.75 Å². The molecule has 1 amide bonds. The zero-order chi connectivity index (χ0) is 13.7. The van der Waals surface area contributed by atoms with E-state index in [1.54, 1.807) is 18.2 Å². The second-order valence-corrected chi connectivity index (χ2v) is 4.68. The van der Waals surface area contributed by atoms with Gasteiger partial charge in [-0.2, -0.15) is 0 Å². The predicted octanol–water partition coefficient (Wildman–Crippen LogP) is 1.57. The molecule has 0 aromatic heterocycles. The summed E-state index contributed by atoms with van der Waals surface area (Å²) in [5.74, 6) is -0.240. The van der Waals surface area contributed by atoms with Crippen LogP contribution in [0.2, 0.25) is 0 Å². The summed E-state index contributed by atoms with van der Waals surface area (Å²) in [7, 11) is 0. The van der Waals surface area contributed by atoms with Crippen LogP contribution in [-0.4, -0.2) is 23.6 Å². The van der Waals surface area contributed by atoms with Crippen molar-refractivity contribution in [2.24, 2.45) is 5.92 Å². The fraction of sp³-hybridized carbons (Fsp3) is 0.429. The van der Waals surface area contributed by atoms with Crippen LogP contribution >= 0.6 is 0 Å². The van der Waals surface area contributed by atoms with Crippen LogP contribution in [0, 0.1) is 5.92 Å². The molecule has 0 bridgehead atoms. The third-order valence-corrected chi connectivity index (χ3v) is 3.20. The third-order valence-electron chi connectivity index (χ3n) is 3.20. The molecule has 0 aliphatic heterocycles. The van der Waals surface area contributed by atoms with Gasteiger partial charge in [-0.05, 0) is 30.5 Å². The highest BCUT2D eigenvalue weighted by atomic mass is 16.5. The van der Waals surface area contributed by atoms with E-state index in [0.717, 1.165) is 24.8 Å². The number of hydrogen-bond donors (Lipinski definition) is 2. The molecule has 1 fully saturated rings. The summed E-state index contributed by atoms with van der Waals surface area (Å²) in [6, 6.07) is 7.08. The van der Waals surface area contributed by atoms with Gasteiger partial charge in [0.15, 0.2) is 6.61 Å². The number of carbonyl (C=O) groups excluding carboxylic acids is 1. The second kappa shape index (κ2) is 6.22. The van der Waals surface area contributed by atoms with Gasteiger partial charge < -0.3 is 15.2 Å². The first-order chi connectivity index (χ1) is 9.15. The van der Waals surface area contributed by atoms with E-state index in [0.29, 0.717) is 12.3 Å². The molecule has 0 radical (unpaired) electrons. The van der Waals surface area contributed by atoms with Crippen LogP contribution in [0.1, 0.15) is 24.8 Å². The average molecular weight is 263 g/mol. The van der Waals surface area contributed by atoms with E-state index in [2.05, 4.69) is 5.32 Å². The normalized spacial score (nSPS) is 14.5. The van der Waals surface area contributed by atoms with Gasteiger partial charge in [-0.15, -0.1) is 0 Å². The smallest absolute Gasteiger partial charge is 0.341 e. The molecule has 2 N–H and O–H groups in total. The van der Waals surface area contributed by atoms with Gasteiger partial charge in [-0.1, -0.05) is 18.6 Å². The Morgan fingerprint density at radius 3 is 2.79 bits per heavy atom. The molecular weight excluding hydrogens is 246 g/mol. The maximum absolute atomic E-state index is 11.7. The fourth-order valence-electron chi connectivity index (χ4n) is 1.89. The van der Waals surface area contributed by atoms with Crippen LogP contribution in [0.4, 0.5) is 0 Å².